The van der Waals surface area contributed by atoms with Crippen molar-refractivity contribution in [2.75, 3.05) is 44.8 Å². The van der Waals surface area contributed by atoms with E-state index in [0.29, 0.717) is 58.9 Å². The quantitative estimate of drug-likeness (QED) is 0.396. The first-order valence-corrected chi connectivity index (χ1v) is 9.47. The number of ether oxygens (including phenoxy) is 2. The molecule has 0 aromatic heterocycles. The van der Waals surface area contributed by atoms with E-state index in [4.69, 9.17) is 15.2 Å². The van der Waals surface area contributed by atoms with Gasteiger partial charge in [-0.05, 0) is 23.6 Å². The first-order valence-electron chi connectivity index (χ1n) is 9.47. The molecule has 27 heavy (non-hydrogen) atoms. The fraction of sp³-hybridized carbons (Fsp3) is 0.579. The SMILES string of the molecule is NCCOCCOCCNc1cccc2c1CN(C1CCC(=O)NC1=O)C2. The molecule has 3 rings (SSSR count). The van der Waals surface area contributed by atoms with Crippen LogP contribution in [0.1, 0.15) is 24.0 Å². The van der Waals surface area contributed by atoms with Crippen LogP contribution in [0.3, 0.4) is 0 Å². The molecule has 0 bridgehead atoms. The monoisotopic (exact) mass is 376 g/mol. The van der Waals surface area contributed by atoms with Crippen molar-refractivity contribution in [1.82, 2.24) is 10.2 Å². The maximum absolute atomic E-state index is 12.1. The summed E-state index contributed by atoms with van der Waals surface area (Å²) in [6.07, 6.45) is 0.988. The molecule has 1 saturated heterocycles. The summed E-state index contributed by atoms with van der Waals surface area (Å²) in [5.41, 5.74) is 8.87. The Kier molecular flexibility index (Phi) is 7.17. The smallest absolute Gasteiger partial charge is 0.243 e. The Morgan fingerprint density at radius 2 is 1.96 bits per heavy atom. The van der Waals surface area contributed by atoms with Crippen molar-refractivity contribution in [2.45, 2.75) is 32.0 Å². The lowest BCUT2D eigenvalue weighted by Gasteiger charge is -2.29. The molecule has 0 radical (unpaired) electrons. The van der Waals surface area contributed by atoms with Crippen LogP contribution >= 0.6 is 0 Å². The second-order valence-electron chi connectivity index (χ2n) is 6.76. The second kappa shape index (κ2) is 9.80. The first kappa shape index (κ1) is 19.8. The van der Waals surface area contributed by atoms with Gasteiger partial charge < -0.3 is 20.5 Å². The van der Waals surface area contributed by atoms with Gasteiger partial charge in [-0.15, -0.1) is 0 Å². The number of carbonyl (C=O) groups is 2. The first-order chi connectivity index (χ1) is 13.2. The van der Waals surface area contributed by atoms with E-state index in [9.17, 15) is 9.59 Å². The topological polar surface area (TPSA) is 106 Å². The van der Waals surface area contributed by atoms with E-state index in [2.05, 4.69) is 27.7 Å². The van der Waals surface area contributed by atoms with E-state index in [0.717, 1.165) is 12.2 Å². The van der Waals surface area contributed by atoms with Gasteiger partial charge in [0.1, 0.15) is 0 Å². The molecule has 148 valence electrons. The van der Waals surface area contributed by atoms with E-state index in [1.54, 1.807) is 0 Å². The van der Waals surface area contributed by atoms with Crippen LogP contribution < -0.4 is 16.4 Å². The molecule has 8 nitrogen and oxygen atoms in total. The number of fused-ring (bicyclic) bond motifs is 1. The van der Waals surface area contributed by atoms with Gasteiger partial charge in [-0.3, -0.25) is 19.8 Å². The van der Waals surface area contributed by atoms with Crippen molar-refractivity contribution in [2.24, 2.45) is 5.73 Å². The van der Waals surface area contributed by atoms with E-state index in [1.165, 1.54) is 11.1 Å². The molecule has 1 atom stereocenters. The number of anilines is 1. The molecule has 0 spiro atoms. The lowest BCUT2D eigenvalue weighted by Crippen LogP contribution is -2.50. The van der Waals surface area contributed by atoms with Crippen LogP contribution in [0.25, 0.3) is 0 Å². The van der Waals surface area contributed by atoms with Gasteiger partial charge in [-0.1, -0.05) is 12.1 Å². The summed E-state index contributed by atoms with van der Waals surface area (Å²) in [5.74, 6) is -0.359. The van der Waals surface area contributed by atoms with Gasteiger partial charge in [0.15, 0.2) is 0 Å². The minimum atomic E-state index is -0.236. The van der Waals surface area contributed by atoms with Crippen molar-refractivity contribution in [3.8, 4) is 0 Å². The summed E-state index contributed by atoms with van der Waals surface area (Å²) in [4.78, 5) is 25.7. The summed E-state index contributed by atoms with van der Waals surface area (Å²) in [7, 11) is 0. The minimum Gasteiger partial charge on any atom is -0.382 e. The van der Waals surface area contributed by atoms with Crippen LogP contribution in [0.4, 0.5) is 5.69 Å². The van der Waals surface area contributed by atoms with Gasteiger partial charge in [0, 0.05) is 38.3 Å². The average Bonchev–Trinajstić information content (AvgIpc) is 3.08. The normalized spacial score (nSPS) is 19.8. The molecule has 0 aliphatic carbocycles. The Balaban J connectivity index is 1.47. The zero-order valence-electron chi connectivity index (χ0n) is 15.5. The molecule has 1 aromatic rings. The number of carbonyl (C=O) groups excluding carboxylic acids is 2. The predicted octanol–water partition coefficient (Wildman–Crippen LogP) is 0.211. The third kappa shape index (κ3) is 5.26. The minimum absolute atomic E-state index is 0.177. The van der Waals surface area contributed by atoms with Gasteiger partial charge in [0.25, 0.3) is 0 Å². The summed E-state index contributed by atoms with van der Waals surface area (Å²) in [6.45, 7) is 4.91. The molecular weight excluding hydrogens is 348 g/mol. The summed E-state index contributed by atoms with van der Waals surface area (Å²) in [6, 6.07) is 5.94. The van der Waals surface area contributed by atoms with E-state index in [1.807, 2.05) is 6.07 Å². The number of rotatable bonds is 10. The fourth-order valence-electron chi connectivity index (χ4n) is 3.53. The largest absolute Gasteiger partial charge is 0.382 e. The highest BCUT2D eigenvalue weighted by molar-refractivity contribution is 6.00. The van der Waals surface area contributed by atoms with Gasteiger partial charge in [0.2, 0.25) is 11.8 Å². The molecule has 4 N–H and O–H groups in total. The number of imide groups is 1. The number of nitrogens with zero attached hydrogens (tertiary/aromatic N) is 1. The Morgan fingerprint density at radius 1 is 1.15 bits per heavy atom. The Morgan fingerprint density at radius 3 is 2.74 bits per heavy atom. The molecule has 8 heteroatoms. The van der Waals surface area contributed by atoms with Crippen LogP contribution in [0.2, 0.25) is 0 Å². The van der Waals surface area contributed by atoms with Gasteiger partial charge >= 0.3 is 0 Å². The van der Waals surface area contributed by atoms with Crippen molar-refractivity contribution in [1.29, 1.82) is 0 Å². The number of amides is 2. The summed E-state index contributed by atoms with van der Waals surface area (Å²) < 4.78 is 10.8. The number of nitrogens with two attached hydrogens (primary N) is 1. The number of benzene rings is 1. The molecule has 2 amide bonds. The van der Waals surface area contributed by atoms with Crippen LogP contribution in [-0.2, 0) is 32.2 Å². The van der Waals surface area contributed by atoms with E-state index >= 15 is 0 Å². The maximum atomic E-state index is 12.1. The van der Waals surface area contributed by atoms with Crippen LogP contribution in [0, 0.1) is 0 Å². The highest BCUT2D eigenvalue weighted by Crippen LogP contribution is 2.32. The lowest BCUT2D eigenvalue weighted by molar-refractivity contribution is -0.137. The maximum Gasteiger partial charge on any atom is 0.243 e. The highest BCUT2D eigenvalue weighted by Gasteiger charge is 2.35. The van der Waals surface area contributed by atoms with Crippen LogP contribution in [0.5, 0.6) is 0 Å². The summed E-state index contributed by atoms with van der Waals surface area (Å²) >= 11 is 0. The standard InChI is InChI=1S/C19H28N4O4/c20-6-8-26-10-11-27-9-7-21-16-3-1-2-14-12-23(13-15(14)16)17-4-5-18(24)22-19(17)25/h1-3,17,21H,4-13,20H2,(H,22,24,25). The average molecular weight is 376 g/mol. The van der Waals surface area contributed by atoms with Gasteiger partial charge in [-0.25, -0.2) is 0 Å². The highest BCUT2D eigenvalue weighted by atomic mass is 16.5. The number of hydrogen-bond donors (Lipinski definition) is 3. The molecule has 2 aliphatic heterocycles. The molecule has 2 heterocycles. The molecule has 1 aromatic carbocycles. The van der Waals surface area contributed by atoms with E-state index < -0.39 is 0 Å². The number of piperidine rings is 1. The van der Waals surface area contributed by atoms with E-state index in [-0.39, 0.29) is 17.9 Å². The predicted molar refractivity (Wildman–Crippen MR) is 101 cm³/mol. The van der Waals surface area contributed by atoms with Crippen molar-refractivity contribution in [3.63, 3.8) is 0 Å². The molecule has 1 unspecified atom stereocenters. The number of hydrogen-bond acceptors (Lipinski definition) is 7. The zero-order chi connectivity index (χ0) is 19.1. The molecule has 1 fully saturated rings. The Hall–Kier alpha value is -2.00. The third-order valence-electron chi connectivity index (χ3n) is 4.85. The van der Waals surface area contributed by atoms with Crippen LogP contribution in [0.15, 0.2) is 18.2 Å². The van der Waals surface area contributed by atoms with Crippen LogP contribution in [-0.4, -0.2) is 62.3 Å². The third-order valence-corrected chi connectivity index (χ3v) is 4.85. The second-order valence-corrected chi connectivity index (χ2v) is 6.76. The number of nitrogens with one attached hydrogen (secondary N) is 2. The van der Waals surface area contributed by atoms with Gasteiger partial charge in [0.05, 0.1) is 32.5 Å². The zero-order valence-corrected chi connectivity index (χ0v) is 15.5. The molecular formula is C19H28N4O4. The Bertz CT molecular complexity index is 667. The fourth-order valence-corrected chi connectivity index (χ4v) is 3.53. The molecule has 0 saturated carbocycles. The lowest BCUT2D eigenvalue weighted by atomic mass is 10.0. The van der Waals surface area contributed by atoms with Crippen molar-refractivity contribution in [3.05, 3.63) is 29.3 Å². The van der Waals surface area contributed by atoms with Crippen molar-refractivity contribution >= 4 is 17.5 Å². The Labute approximate surface area is 159 Å². The molecule has 2 aliphatic rings. The summed E-state index contributed by atoms with van der Waals surface area (Å²) in [5, 5.41) is 5.87. The van der Waals surface area contributed by atoms with Crippen molar-refractivity contribution < 1.29 is 19.1 Å². The van der Waals surface area contributed by atoms with Gasteiger partial charge in [-0.2, -0.15) is 0 Å².